The number of pyridine rings is 1. The van der Waals surface area contributed by atoms with Crippen LogP contribution in [0.5, 0.6) is 5.75 Å². The smallest absolute Gasteiger partial charge is 0.261 e. The van der Waals surface area contributed by atoms with Crippen molar-refractivity contribution in [2.45, 2.75) is 19.8 Å². The molecule has 6 heteroatoms. The van der Waals surface area contributed by atoms with Crippen molar-refractivity contribution in [3.05, 3.63) is 65.9 Å². The number of methoxy groups -OCH3 is 1. The molecule has 1 N–H and O–H groups in total. The Morgan fingerprint density at radius 3 is 2.47 bits per heavy atom. The molecule has 6 nitrogen and oxygen atoms in total. The van der Waals surface area contributed by atoms with Crippen molar-refractivity contribution in [3.63, 3.8) is 0 Å². The van der Waals surface area contributed by atoms with E-state index in [1.54, 1.807) is 37.6 Å². The Morgan fingerprint density at radius 1 is 1.07 bits per heavy atom. The number of imide groups is 1. The summed E-state index contributed by atoms with van der Waals surface area (Å²) in [6.45, 7) is 3.23. The van der Waals surface area contributed by atoms with Crippen LogP contribution in [-0.2, 0) is 0 Å². The molecule has 1 aromatic heterocycles. The van der Waals surface area contributed by atoms with Crippen LogP contribution in [-0.4, -0.2) is 41.9 Å². The lowest BCUT2D eigenvalue weighted by atomic mass is 10.0. The number of rotatable bonds is 8. The van der Waals surface area contributed by atoms with Gasteiger partial charge in [-0.15, -0.1) is 0 Å². The lowest BCUT2D eigenvalue weighted by molar-refractivity contribution is 0.0626. The second-order valence-corrected chi connectivity index (χ2v) is 7.51. The van der Waals surface area contributed by atoms with Crippen LogP contribution in [0.15, 0.2) is 54.7 Å². The van der Waals surface area contributed by atoms with Gasteiger partial charge in [0.2, 0.25) is 0 Å². The van der Waals surface area contributed by atoms with Crippen LogP contribution < -0.4 is 10.1 Å². The third-order valence-corrected chi connectivity index (χ3v) is 5.68. The number of carbonyl (C=O) groups is 2. The zero-order valence-electron chi connectivity index (χ0n) is 17.2. The highest BCUT2D eigenvalue weighted by atomic mass is 16.5. The van der Waals surface area contributed by atoms with Gasteiger partial charge in [-0.2, -0.15) is 0 Å². The van der Waals surface area contributed by atoms with E-state index in [0.717, 1.165) is 35.2 Å². The minimum absolute atomic E-state index is 0.190. The summed E-state index contributed by atoms with van der Waals surface area (Å²) in [5, 5.41) is 4.47. The number of fused-ring (bicyclic) bond motifs is 2. The zero-order valence-corrected chi connectivity index (χ0v) is 17.2. The molecular weight excluding hydrogens is 378 g/mol. The largest absolute Gasteiger partial charge is 0.497 e. The van der Waals surface area contributed by atoms with Gasteiger partial charge in [0.15, 0.2) is 0 Å². The maximum Gasteiger partial charge on any atom is 0.261 e. The molecule has 2 aromatic carbocycles. The van der Waals surface area contributed by atoms with Crippen LogP contribution >= 0.6 is 0 Å². The summed E-state index contributed by atoms with van der Waals surface area (Å²) >= 11 is 0. The zero-order chi connectivity index (χ0) is 21.1. The Labute approximate surface area is 175 Å². The topological polar surface area (TPSA) is 71.5 Å². The van der Waals surface area contributed by atoms with Crippen LogP contribution in [0, 0.1) is 5.92 Å². The lowest BCUT2D eigenvalue weighted by Crippen LogP contribution is -2.35. The molecule has 1 atom stereocenters. The van der Waals surface area contributed by atoms with Gasteiger partial charge < -0.3 is 10.1 Å². The monoisotopic (exact) mass is 403 g/mol. The highest BCUT2D eigenvalue weighted by molar-refractivity contribution is 6.21. The van der Waals surface area contributed by atoms with Crippen LogP contribution in [0.1, 0.15) is 40.5 Å². The predicted molar refractivity (Wildman–Crippen MR) is 117 cm³/mol. The Balaban J connectivity index is 1.42. The second-order valence-electron chi connectivity index (χ2n) is 7.51. The molecule has 4 rings (SSSR count). The van der Waals surface area contributed by atoms with Gasteiger partial charge in [0.05, 0.1) is 29.4 Å². The van der Waals surface area contributed by atoms with Crippen molar-refractivity contribution in [2.75, 3.05) is 25.5 Å². The van der Waals surface area contributed by atoms with Gasteiger partial charge >= 0.3 is 0 Å². The number of aromatic nitrogens is 1. The van der Waals surface area contributed by atoms with Crippen LogP contribution in [0.2, 0.25) is 0 Å². The van der Waals surface area contributed by atoms with Crippen molar-refractivity contribution in [1.82, 2.24) is 9.88 Å². The van der Waals surface area contributed by atoms with Gasteiger partial charge in [-0.1, -0.05) is 31.5 Å². The van der Waals surface area contributed by atoms with E-state index < -0.39 is 0 Å². The Morgan fingerprint density at radius 2 is 1.80 bits per heavy atom. The standard InChI is InChI=1S/C24H25N3O3/c1-3-16(15-27-23(28)19-8-4-5-9-20(19)24(27)29)10-12-25-21-14-18(30-2)13-17-7-6-11-26-22(17)21/h4-9,11,13-14,16,25H,3,10,12,15H2,1-2H3. The molecule has 154 valence electrons. The van der Waals surface area contributed by atoms with Gasteiger partial charge in [0, 0.05) is 30.7 Å². The number of hydrogen-bond acceptors (Lipinski definition) is 5. The van der Waals surface area contributed by atoms with Crippen LogP contribution in [0.4, 0.5) is 5.69 Å². The Bertz CT molecular complexity index is 1060. The molecule has 1 unspecified atom stereocenters. The van der Waals surface area contributed by atoms with E-state index in [1.807, 2.05) is 24.3 Å². The van der Waals surface area contributed by atoms with E-state index in [2.05, 4.69) is 17.2 Å². The summed E-state index contributed by atoms with van der Waals surface area (Å²) in [5.41, 5.74) is 2.82. The molecule has 1 aliphatic rings. The van der Waals surface area contributed by atoms with Gasteiger partial charge in [0.1, 0.15) is 5.75 Å². The molecular formula is C24H25N3O3. The predicted octanol–water partition coefficient (Wildman–Crippen LogP) is 4.37. The summed E-state index contributed by atoms with van der Waals surface area (Å²) < 4.78 is 5.41. The first-order valence-corrected chi connectivity index (χ1v) is 10.2. The summed E-state index contributed by atoms with van der Waals surface area (Å²) in [6, 6.07) is 14.8. The number of carbonyl (C=O) groups excluding carboxylic acids is 2. The van der Waals surface area contributed by atoms with Crippen LogP contribution in [0.3, 0.4) is 0 Å². The number of anilines is 1. The Hall–Kier alpha value is -3.41. The van der Waals surface area contributed by atoms with E-state index in [4.69, 9.17) is 4.74 Å². The summed E-state index contributed by atoms with van der Waals surface area (Å²) in [6.07, 6.45) is 3.48. The number of nitrogens with zero attached hydrogens (tertiary/aromatic N) is 2. The highest BCUT2D eigenvalue weighted by Crippen LogP contribution is 2.28. The highest BCUT2D eigenvalue weighted by Gasteiger charge is 2.35. The van der Waals surface area contributed by atoms with Gasteiger partial charge in [0.25, 0.3) is 11.8 Å². The minimum Gasteiger partial charge on any atom is -0.497 e. The van der Waals surface area contributed by atoms with Crippen molar-refractivity contribution >= 4 is 28.4 Å². The molecule has 2 heterocycles. The quantitative estimate of drug-likeness (QED) is 0.566. The number of amides is 2. The van der Waals surface area contributed by atoms with E-state index in [-0.39, 0.29) is 17.7 Å². The summed E-state index contributed by atoms with van der Waals surface area (Å²) in [4.78, 5) is 31.2. The van der Waals surface area contributed by atoms with Crippen molar-refractivity contribution in [3.8, 4) is 5.75 Å². The Kier molecular flexibility index (Phi) is 5.65. The molecule has 0 spiro atoms. The van der Waals surface area contributed by atoms with Crippen LogP contribution in [0.25, 0.3) is 10.9 Å². The summed E-state index contributed by atoms with van der Waals surface area (Å²) in [7, 11) is 1.65. The average molecular weight is 403 g/mol. The van der Waals surface area contributed by atoms with E-state index in [9.17, 15) is 9.59 Å². The minimum atomic E-state index is -0.190. The first kappa shape index (κ1) is 19.9. The van der Waals surface area contributed by atoms with E-state index in [0.29, 0.717) is 24.2 Å². The van der Waals surface area contributed by atoms with Gasteiger partial charge in [-0.05, 0) is 36.6 Å². The molecule has 0 aliphatic carbocycles. The second kappa shape index (κ2) is 8.53. The third-order valence-electron chi connectivity index (χ3n) is 5.68. The number of ether oxygens (including phenoxy) is 1. The first-order valence-electron chi connectivity index (χ1n) is 10.2. The van der Waals surface area contributed by atoms with E-state index in [1.165, 1.54) is 4.90 Å². The SMILES string of the molecule is CCC(CCNc1cc(OC)cc2cccnc12)CN1C(=O)c2ccccc2C1=O. The molecule has 0 saturated heterocycles. The fourth-order valence-electron chi connectivity index (χ4n) is 3.92. The van der Waals surface area contributed by atoms with Crippen molar-refractivity contribution in [2.24, 2.45) is 5.92 Å². The van der Waals surface area contributed by atoms with Gasteiger partial charge in [-0.25, -0.2) is 0 Å². The molecule has 3 aromatic rings. The fourth-order valence-corrected chi connectivity index (χ4v) is 3.92. The maximum absolute atomic E-state index is 12.6. The molecule has 0 fully saturated rings. The molecule has 1 aliphatic heterocycles. The van der Waals surface area contributed by atoms with Crippen molar-refractivity contribution < 1.29 is 14.3 Å². The first-order chi connectivity index (χ1) is 14.6. The van der Waals surface area contributed by atoms with Gasteiger partial charge in [-0.3, -0.25) is 19.5 Å². The fraction of sp³-hybridized carbons (Fsp3) is 0.292. The molecule has 0 saturated carbocycles. The molecule has 0 radical (unpaired) electrons. The maximum atomic E-state index is 12.6. The molecule has 0 bridgehead atoms. The number of benzene rings is 2. The molecule has 30 heavy (non-hydrogen) atoms. The normalized spacial score (nSPS) is 14.1. The summed E-state index contributed by atoms with van der Waals surface area (Å²) in [5.74, 6) is 0.607. The van der Waals surface area contributed by atoms with Crippen molar-refractivity contribution in [1.29, 1.82) is 0 Å². The number of hydrogen-bond donors (Lipinski definition) is 1. The number of nitrogens with one attached hydrogen (secondary N) is 1. The molecule has 2 amide bonds. The van der Waals surface area contributed by atoms with E-state index >= 15 is 0 Å². The average Bonchev–Trinajstić information content (AvgIpc) is 3.03. The third kappa shape index (κ3) is 3.73. The lowest BCUT2D eigenvalue weighted by Gasteiger charge is -2.22.